The van der Waals surface area contributed by atoms with Crippen molar-refractivity contribution < 1.29 is 9.72 Å². The van der Waals surface area contributed by atoms with Gasteiger partial charge in [-0.25, -0.2) is 4.98 Å². The average molecular weight is 418 g/mol. The minimum absolute atomic E-state index is 0.00180. The van der Waals surface area contributed by atoms with E-state index in [2.05, 4.69) is 35.6 Å². The molecule has 2 unspecified atom stereocenters. The second kappa shape index (κ2) is 6.64. The molecule has 0 spiro atoms. The lowest BCUT2D eigenvalue weighted by atomic mass is 9.65. The third-order valence-electron chi connectivity index (χ3n) is 6.76. The molecule has 2 aromatic carbocycles. The zero-order valence-corrected chi connectivity index (χ0v) is 18.0. The van der Waals surface area contributed by atoms with Gasteiger partial charge in [0.1, 0.15) is 5.82 Å². The van der Waals surface area contributed by atoms with Crippen LogP contribution in [0.25, 0.3) is 22.4 Å². The number of carbonyl (C=O) groups excluding carboxylic acids is 1. The normalized spacial score (nSPS) is 24.5. The summed E-state index contributed by atoms with van der Waals surface area (Å²) in [5.41, 5.74) is 2.86. The third kappa shape index (κ3) is 3.38. The van der Waals surface area contributed by atoms with Gasteiger partial charge >= 0.3 is 0 Å². The Balaban J connectivity index is 1.48. The molecule has 31 heavy (non-hydrogen) atoms. The number of benzene rings is 2. The first-order valence-corrected chi connectivity index (χ1v) is 10.7. The molecule has 5 rings (SSSR count). The van der Waals surface area contributed by atoms with Crippen molar-refractivity contribution in [2.75, 3.05) is 6.54 Å². The van der Waals surface area contributed by atoms with E-state index in [9.17, 15) is 14.9 Å². The van der Waals surface area contributed by atoms with Crippen LogP contribution in [0.1, 0.15) is 50.4 Å². The molecule has 160 valence electrons. The lowest BCUT2D eigenvalue weighted by molar-refractivity contribution is -0.384. The lowest BCUT2D eigenvalue weighted by Gasteiger charge is -2.39. The van der Waals surface area contributed by atoms with E-state index in [1.807, 2.05) is 18.2 Å². The highest BCUT2D eigenvalue weighted by Gasteiger charge is 2.51. The maximum absolute atomic E-state index is 13.4. The molecule has 1 aliphatic heterocycles. The standard InChI is InChI=1S/C24H26N4O3/c1-23(2)11-16-12-24(3,13-23)14-27(16)22(29)15-8-9-18-19(10-15)26-21(25-18)17-6-4-5-7-20(17)28(30)31/h4-10,16H,11-14H2,1-3H3,(H,25,26). The minimum Gasteiger partial charge on any atom is -0.338 e. The zero-order valence-electron chi connectivity index (χ0n) is 18.0. The van der Waals surface area contributed by atoms with Gasteiger partial charge in [0.25, 0.3) is 11.6 Å². The van der Waals surface area contributed by atoms with Crippen molar-refractivity contribution in [1.29, 1.82) is 0 Å². The third-order valence-corrected chi connectivity index (χ3v) is 6.76. The SMILES string of the molecule is CC1(C)CC2CC(C)(CN2C(=O)c2ccc3nc(-c4ccccc4[N+](=O)[O-])[nH]c3c2)C1. The van der Waals surface area contributed by atoms with E-state index in [1.165, 1.54) is 6.07 Å². The van der Waals surface area contributed by atoms with Crippen LogP contribution in [0, 0.1) is 20.9 Å². The molecular formula is C24H26N4O3. The number of carbonyl (C=O) groups is 1. The Kier molecular flexibility index (Phi) is 4.22. The first-order chi connectivity index (χ1) is 14.6. The van der Waals surface area contributed by atoms with Crippen LogP contribution in [-0.4, -0.2) is 38.3 Å². The van der Waals surface area contributed by atoms with Crippen molar-refractivity contribution in [3.63, 3.8) is 0 Å². The van der Waals surface area contributed by atoms with Gasteiger partial charge in [0, 0.05) is 24.2 Å². The Bertz CT molecular complexity index is 1210. The number of imidazole rings is 1. The van der Waals surface area contributed by atoms with Crippen LogP contribution >= 0.6 is 0 Å². The highest BCUT2D eigenvalue weighted by Crippen LogP contribution is 2.52. The number of H-pyrrole nitrogens is 1. The van der Waals surface area contributed by atoms with Crippen LogP contribution < -0.4 is 0 Å². The van der Waals surface area contributed by atoms with Crippen molar-refractivity contribution in [2.45, 2.75) is 46.1 Å². The summed E-state index contributed by atoms with van der Waals surface area (Å²) in [7, 11) is 0. The van der Waals surface area contributed by atoms with E-state index in [1.54, 1.807) is 18.2 Å². The van der Waals surface area contributed by atoms with Crippen LogP contribution in [0.3, 0.4) is 0 Å². The summed E-state index contributed by atoms with van der Waals surface area (Å²) < 4.78 is 0. The van der Waals surface area contributed by atoms with Gasteiger partial charge in [-0.3, -0.25) is 14.9 Å². The van der Waals surface area contributed by atoms with E-state index >= 15 is 0 Å². The van der Waals surface area contributed by atoms with Crippen molar-refractivity contribution in [3.8, 4) is 11.4 Å². The van der Waals surface area contributed by atoms with Crippen LogP contribution in [0.4, 0.5) is 5.69 Å². The number of aromatic amines is 1. The lowest BCUT2D eigenvalue weighted by Crippen LogP contribution is -2.37. The molecular weight excluding hydrogens is 392 g/mol. The molecule has 1 aromatic heterocycles. The summed E-state index contributed by atoms with van der Waals surface area (Å²) >= 11 is 0. The van der Waals surface area contributed by atoms with Crippen molar-refractivity contribution in [3.05, 3.63) is 58.1 Å². The number of nitro groups is 1. The van der Waals surface area contributed by atoms with Crippen molar-refractivity contribution in [1.82, 2.24) is 14.9 Å². The zero-order chi connectivity index (χ0) is 22.0. The molecule has 7 nitrogen and oxygen atoms in total. The van der Waals surface area contributed by atoms with Gasteiger partial charge in [-0.1, -0.05) is 32.9 Å². The molecule has 2 fully saturated rings. The average Bonchev–Trinajstić information content (AvgIpc) is 3.23. The number of nitro benzene ring substituents is 1. The van der Waals surface area contributed by atoms with Crippen molar-refractivity contribution in [2.24, 2.45) is 10.8 Å². The highest BCUT2D eigenvalue weighted by molar-refractivity contribution is 5.98. The van der Waals surface area contributed by atoms with Crippen molar-refractivity contribution >= 4 is 22.6 Å². The quantitative estimate of drug-likeness (QED) is 0.469. The van der Waals surface area contributed by atoms with Gasteiger partial charge < -0.3 is 9.88 Å². The number of nitrogens with one attached hydrogen (secondary N) is 1. The fourth-order valence-electron chi connectivity index (χ4n) is 5.97. The first-order valence-electron chi connectivity index (χ1n) is 10.7. The maximum atomic E-state index is 13.4. The first kappa shape index (κ1) is 19.7. The topological polar surface area (TPSA) is 92.1 Å². The van der Waals surface area contributed by atoms with Gasteiger partial charge in [-0.15, -0.1) is 0 Å². The fourth-order valence-corrected chi connectivity index (χ4v) is 5.97. The van der Waals surface area contributed by atoms with E-state index in [-0.39, 0.29) is 28.5 Å². The van der Waals surface area contributed by atoms with Crippen LogP contribution in [0.15, 0.2) is 42.5 Å². The molecule has 2 atom stereocenters. The number of para-hydroxylation sites is 1. The van der Waals surface area contributed by atoms with Crippen LogP contribution in [0.5, 0.6) is 0 Å². The predicted octanol–water partition coefficient (Wildman–Crippen LogP) is 5.18. The van der Waals surface area contributed by atoms with Gasteiger partial charge in [0.2, 0.25) is 0 Å². The Morgan fingerprint density at radius 3 is 2.74 bits per heavy atom. The molecule has 2 aliphatic rings. The van der Waals surface area contributed by atoms with Gasteiger partial charge in [-0.2, -0.15) is 0 Å². The summed E-state index contributed by atoms with van der Waals surface area (Å²) in [6, 6.07) is 12.2. The second-order valence-corrected chi connectivity index (χ2v) is 10.2. The number of likely N-dealkylation sites (tertiary alicyclic amines) is 1. The van der Waals surface area contributed by atoms with E-state index in [0.717, 1.165) is 25.8 Å². The predicted molar refractivity (Wildman–Crippen MR) is 119 cm³/mol. The summed E-state index contributed by atoms with van der Waals surface area (Å²) in [6.07, 6.45) is 3.23. The minimum atomic E-state index is -0.412. The summed E-state index contributed by atoms with van der Waals surface area (Å²) in [5.74, 6) is 0.480. The number of hydrogen-bond donors (Lipinski definition) is 1. The number of rotatable bonds is 3. The molecule has 1 amide bonds. The molecule has 0 radical (unpaired) electrons. The Morgan fingerprint density at radius 2 is 1.97 bits per heavy atom. The molecule has 2 bridgehead atoms. The van der Waals surface area contributed by atoms with E-state index in [0.29, 0.717) is 28.0 Å². The maximum Gasteiger partial charge on any atom is 0.280 e. The molecule has 1 aliphatic carbocycles. The Morgan fingerprint density at radius 1 is 1.19 bits per heavy atom. The Labute approximate surface area is 180 Å². The number of amides is 1. The van der Waals surface area contributed by atoms with E-state index in [4.69, 9.17) is 0 Å². The molecule has 2 heterocycles. The monoisotopic (exact) mass is 418 g/mol. The highest BCUT2D eigenvalue weighted by atomic mass is 16.6. The van der Waals surface area contributed by atoms with Crippen LogP contribution in [-0.2, 0) is 0 Å². The van der Waals surface area contributed by atoms with Crippen LogP contribution in [0.2, 0.25) is 0 Å². The fraction of sp³-hybridized carbons (Fsp3) is 0.417. The number of hydrogen-bond acceptors (Lipinski definition) is 4. The molecule has 3 aromatic rings. The molecule has 1 N–H and O–H groups in total. The summed E-state index contributed by atoms with van der Waals surface area (Å²) in [4.78, 5) is 34.1. The number of nitrogens with zero attached hydrogens (tertiary/aromatic N) is 3. The van der Waals surface area contributed by atoms with E-state index < -0.39 is 4.92 Å². The van der Waals surface area contributed by atoms with Gasteiger partial charge in [0.15, 0.2) is 0 Å². The Hall–Kier alpha value is -3.22. The number of aromatic nitrogens is 2. The second-order valence-electron chi connectivity index (χ2n) is 10.2. The number of fused-ring (bicyclic) bond motifs is 3. The summed E-state index contributed by atoms with van der Waals surface area (Å²) in [5, 5.41) is 11.4. The summed E-state index contributed by atoms with van der Waals surface area (Å²) in [6.45, 7) is 7.69. The largest absolute Gasteiger partial charge is 0.338 e. The van der Waals surface area contributed by atoms with Gasteiger partial charge in [-0.05, 0) is 54.4 Å². The molecule has 1 saturated heterocycles. The van der Waals surface area contributed by atoms with Gasteiger partial charge in [0.05, 0.1) is 21.5 Å². The molecule has 1 saturated carbocycles. The molecule has 7 heteroatoms. The smallest absolute Gasteiger partial charge is 0.280 e.